The van der Waals surface area contributed by atoms with Crippen LogP contribution in [0, 0.1) is 6.92 Å². The molecule has 1 amide bonds. The normalized spacial score (nSPS) is 10.3. The van der Waals surface area contributed by atoms with Gasteiger partial charge < -0.3 is 9.26 Å². The predicted molar refractivity (Wildman–Crippen MR) is 95.4 cm³/mol. The molecular formula is C19H18N4O3. The van der Waals surface area contributed by atoms with Crippen LogP contribution in [-0.2, 0) is 16.1 Å². The third kappa shape index (κ3) is 4.84. The summed E-state index contributed by atoms with van der Waals surface area (Å²) < 4.78 is 10.2. The average molecular weight is 350 g/mol. The number of aromatic nitrogens is 2. The summed E-state index contributed by atoms with van der Waals surface area (Å²) in [6.45, 7) is 1.62. The molecule has 26 heavy (non-hydrogen) atoms. The number of carbonyl (C=O) groups is 1. The zero-order valence-electron chi connectivity index (χ0n) is 14.3. The highest BCUT2D eigenvalue weighted by Crippen LogP contribution is 2.10. The van der Waals surface area contributed by atoms with Crippen molar-refractivity contribution in [3.8, 4) is 0 Å². The lowest BCUT2D eigenvalue weighted by Crippen LogP contribution is -2.25. The molecule has 0 bridgehead atoms. The predicted octanol–water partition coefficient (Wildman–Crippen LogP) is 2.46. The number of hydrogen-bond donors (Lipinski definition) is 1. The van der Waals surface area contributed by atoms with Gasteiger partial charge in [0.25, 0.3) is 11.8 Å². The standard InChI is InChI=1S/C19H18N4O3/c1-14-20-18(26-23-14)13-25-12-17(24)21-22-19(15-8-4-2-5-9-15)16-10-6-3-7-11-16/h2-11H,12-13H2,1H3,(H,21,24). The maximum atomic E-state index is 12.0. The molecule has 0 unspecified atom stereocenters. The molecule has 0 saturated heterocycles. The van der Waals surface area contributed by atoms with Gasteiger partial charge in [-0.05, 0) is 6.92 Å². The van der Waals surface area contributed by atoms with Gasteiger partial charge in [-0.15, -0.1) is 0 Å². The molecule has 1 aromatic heterocycles. The zero-order valence-corrected chi connectivity index (χ0v) is 14.3. The fraction of sp³-hybridized carbons (Fsp3) is 0.158. The van der Waals surface area contributed by atoms with Gasteiger partial charge in [-0.2, -0.15) is 10.1 Å². The van der Waals surface area contributed by atoms with E-state index in [0.29, 0.717) is 17.4 Å². The average Bonchev–Trinajstić information content (AvgIpc) is 3.09. The highest BCUT2D eigenvalue weighted by Gasteiger charge is 2.09. The van der Waals surface area contributed by atoms with Gasteiger partial charge in [0.15, 0.2) is 5.82 Å². The third-order valence-corrected chi connectivity index (χ3v) is 3.42. The summed E-state index contributed by atoms with van der Waals surface area (Å²) in [5, 5.41) is 7.93. The zero-order chi connectivity index (χ0) is 18.2. The topological polar surface area (TPSA) is 89.6 Å². The minimum Gasteiger partial charge on any atom is -0.362 e. The third-order valence-electron chi connectivity index (χ3n) is 3.42. The molecule has 7 nitrogen and oxygen atoms in total. The van der Waals surface area contributed by atoms with Gasteiger partial charge in [0.2, 0.25) is 0 Å². The van der Waals surface area contributed by atoms with Crippen molar-refractivity contribution in [3.05, 3.63) is 83.5 Å². The van der Waals surface area contributed by atoms with Gasteiger partial charge in [0.1, 0.15) is 13.2 Å². The van der Waals surface area contributed by atoms with Gasteiger partial charge in [0.05, 0.1) is 5.71 Å². The van der Waals surface area contributed by atoms with Crippen LogP contribution in [0.3, 0.4) is 0 Å². The Kier molecular flexibility index (Phi) is 5.84. The molecule has 1 heterocycles. The lowest BCUT2D eigenvalue weighted by Gasteiger charge is -2.08. The number of amides is 1. The van der Waals surface area contributed by atoms with E-state index in [1.165, 1.54) is 0 Å². The van der Waals surface area contributed by atoms with Gasteiger partial charge in [-0.1, -0.05) is 65.8 Å². The summed E-state index contributed by atoms with van der Waals surface area (Å²) in [6.07, 6.45) is 0. The summed E-state index contributed by atoms with van der Waals surface area (Å²) in [5.74, 6) is 0.478. The Bertz CT molecular complexity index is 835. The molecule has 2 aromatic carbocycles. The number of nitrogens with zero attached hydrogens (tertiary/aromatic N) is 3. The summed E-state index contributed by atoms with van der Waals surface area (Å²) in [7, 11) is 0. The van der Waals surface area contributed by atoms with Crippen LogP contribution in [-0.4, -0.2) is 28.4 Å². The van der Waals surface area contributed by atoms with E-state index in [1.807, 2.05) is 60.7 Å². The van der Waals surface area contributed by atoms with Crippen molar-refractivity contribution in [1.29, 1.82) is 0 Å². The molecule has 0 radical (unpaired) electrons. The Morgan fingerprint density at radius 3 is 2.23 bits per heavy atom. The molecule has 3 aromatic rings. The van der Waals surface area contributed by atoms with Crippen molar-refractivity contribution >= 4 is 11.6 Å². The first-order chi connectivity index (χ1) is 12.7. The first-order valence-electron chi connectivity index (χ1n) is 8.06. The SMILES string of the molecule is Cc1noc(COCC(=O)NN=C(c2ccccc2)c2ccccc2)n1. The van der Waals surface area contributed by atoms with Crippen LogP contribution in [0.15, 0.2) is 70.3 Å². The maximum absolute atomic E-state index is 12.0. The second kappa shape index (κ2) is 8.68. The second-order valence-corrected chi connectivity index (χ2v) is 5.46. The summed E-state index contributed by atoms with van der Waals surface area (Å²) in [4.78, 5) is 16.0. The van der Waals surface area contributed by atoms with Crippen LogP contribution in [0.25, 0.3) is 0 Å². The first-order valence-corrected chi connectivity index (χ1v) is 8.06. The Morgan fingerprint density at radius 1 is 1.08 bits per heavy atom. The number of ether oxygens (including phenoxy) is 1. The van der Waals surface area contributed by atoms with Crippen molar-refractivity contribution < 1.29 is 14.1 Å². The van der Waals surface area contributed by atoms with Crippen LogP contribution in [0.4, 0.5) is 0 Å². The lowest BCUT2D eigenvalue weighted by molar-refractivity contribution is -0.126. The fourth-order valence-electron chi connectivity index (χ4n) is 2.27. The van der Waals surface area contributed by atoms with Crippen LogP contribution >= 0.6 is 0 Å². The number of nitrogens with one attached hydrogen (secondary N) is 1. The van der Waals surface area contributed by atoms with E-state index in [2.05, 4.69) is 20.7 Å². The minimum absolute atomic E-state index is 0.0716. The van der Waals surface area contributed by atoms with Gasteiger partial charge in [-0.3, -0.25) is 4.79 Å². The monoisotopic (exact) mass is 350 g/mol. The molecule has 1 N–H and O–H groups in total. The molecule has 0 saturated carbocycles. The summed E-state index contributed by atoms with van der Waals surface area (Å²) >= 11 is 0. The van der Waals surface area contributed by atoms with E-state index >= 15 is 0 Å². The van der Waals surface area contributed by atoms with Crippen LogP contribution in [0.1, 0.15) is 22.8 Å². The van der Waals surface area contributed by atoms with E-state index < -0.39 is 0 Å². The molecule has 3 rings (SSSR count). The number of aryl methyl sites for hydroxylation is 1. The smallest absolute Gasteiger partial charge is 0.266 e. The quantitative estimate of drug-likeness (QED) is 0.522. The Morgan fingerprint density at radius 2 is 1.69 bits per heavy atom. The van der Waals surface area contributed by atoms with E-state index in [4.69, 9.17) is 9.26 Å². The molecule has 132 valence electrons. The van der Waals surface area contributed by atoms with Crippen molar-refractivity contribution in [2.75, 3.05) is 6.61 Å². The molecule has 0 atom stereocenters. The summed E-state index contributed by atoms with van der Waals surface area (Å²) in [5.41, 5.74) is 5.01. The Hall–Kier alpha value is -3.32. The van der Waals surface area contributed by atoms with Gasteiger partial charge >= 0.3 is 0 Å². The van der Waals surface area contributed by atoms with Crippen molar-refractivity contribution in [3.63, 3.8) is 0 Å². The van der Waals surface area contributed by atoms with Crippen molar-refractivity contribution in [1.82, 2.24) is 15.6 Å². The van der Waals surface area contributed by atoms with Crippen molar-refractivity contribution in [2.45, 2.75) is 13.5 Å². The van der Waals surface area contributed by atoms with Gasteiger partial charge in [-0.25, -0.2) is 5.43 Å². The molecule has 0 aliphatic rings. The minimum atomic E-state index is -0.370. The number of rotatable bonds is 7. The van der Waals surface area contributed by atoms with Gasteiger partial charge in [0, 0.05) is 11.1 Å². The van der Waals surface area contributed by atoms with E-state index in [1.54, 1.807) is 6.92 Å². The van der Waals surface area contributed by atoms with Crippen LogP contribution in [0.2, 0.25) is 0 Å². The molecule has 0 aliphatic heterocycles. The van der Waals surface area contributed by atoms with E-state index in [-0.39, 0.29) is 19.1 Å². The molecule has 0 fully saturated rings. The number of carbonyl (C=O) groups excluding carboxylic acids is 1. The highest BCUT2D eigenvalue weighted by atomic mass is 16.5. The number of benzene rings is 2. The van der Waals surface area contributed by atoms with Crippen molar-refractivity contribution in [2.24, 2.45) is 5.10 Å². The second-order valence-electron chi connectivity index (χ2n) is 5.46. The van der Waals surface area contributed by atoms with Crippen LogP contribution in [0.5, 0.6) is 0 Å². The summed E-state index contributed by atoms with van der Waals surface area (Å²) in [6, 6.07) is 19.3. The van der Waals surface area contributed by atoms with E-state index in [0.717, 1.165) is 11.1 Å². The fourth-order valence-corrected chi connectivity index (χ4v) is 2.27. The van der Waals surface area contributed by atoms with Crippen LogP contribution < -0.4 is 5.43 Å². The first kappa shape index (κ1) is 17.5. The molecule has 0 aliphatic carbocycles. The lowest BCUT2D eigenvalue weighted by atomic mass is 10.0. The van der Waals surface area contributed by atoms with E-state index in [9.17, 15) is 4.79 Å². The molecular weight excluding hydrogens is 332 g/mol. The maximum Gasteiger partial charge on any atom is 0.266 e. The Balaban J connectivity index is 1.63. The highest BCUT2D eigenvalue weighted by molar-refractivity contribution is 6.13. The largest absolute Gasteiger partial charge is 0.362 e. The number of hydrogen-bond acceptors (Lipinski definition) is 6. The number of hydrazone groups is 1. The molecule has 7 heteroatoms. The molecule has 0 spiro atoms. The Labute approximate surface area is 150 Å².